The second kappa shape index (κ2) is 4.73. The van der Waals surface area contributed by atoms with E-state index in [0.717, 1.165) is 4.68 Å². The minimum atomic E-state index is -0.528. The maximum absolute atomic E-state index is 11.8. The van der Waals surface area contributed by atoms with Crippen LogP contribution in [0.2, 0.25) is 10.0 Å². The molecule has 0 aliphatic rings. The minimum Gasteiger partial charge on any atom is -0.481 e. The van der Waals surface area contributed by atoms with Gasteiger partial charge in [0.05, 0.1) is 18.3 Å². The molecular weight excluding hydrogens is 265 g/mol. The van der Waals surface area contributed by atoms with Gasteiger partial charge in [0.25, 0.3) is 5.56 Å². The van der Waals surface area contributed by atoms with E-state index in [9.17, 15) is 4.79 Å². The molecule has 17 heavy (non-hydrogen) atoms. The van der Waals surface area contributed by atoms with Crippen LogP contribution in [0.1, 0.15) is 0 Å². The van der Waals surface area contributed by atoms with E-state index >= 15 is 0 Å². The quantitative estimate of drug-likeness (QED) is 0.838. The van der Waals surface area contributed by atoms with Crippen molar-refractivity contribution in [2.45, 2.75) is 0 Å². The third kappa shape index (κ3) is 2.25. The van der Waals surface area contributed by atoms with Gasteiger partial charge in [0.1, 0.15) is 5.02 Å². The Balaban J connectivity index is 2.61. The van der Waals surface area contributed by atoms with Gasteiger partial charge in [-0.1, -0.05) is 29.3 Å². The van der Waals surface area contributed by atoms with Crippen molar-refractivity contribution in [3.8, 4) is 11.7 Å². The maximum atomic E-state index is 11.8. The third-order valence-electron chi connectivity index (χ3n) is 2.01. The molecule has 0 aliphatic carbocycles. The Hall–Kier alpha value is -1.59. The average Bonchev–Trinajstić information content (AvgIpc) is 2.36. The van der Waals surface area contributed by atoms with Crippen LogP contribution in [-0.2, 0) is 0 Å². The van der Waals surface area contributed by atoms with Crippen LogP contribution in [0.15, 0.2) is 29.2 Å². The number of methoxy groups -OCH3 is 1. The van der Waals surface area contributed by atoms with Gasteiger partial charge in [0, 0.05) is 6.07 Å². The molecule has 0 atom stereocenters. The van der Waals surface area contributed by atoms with Crippen molar-refractivity contribution in [3.63, 3.8) is 0 Å². The Morgan fingerprint density at radius 2 is 2.12 bits per heavy atom. The Bertz CT molecular complexity index is 613. The average molecular weight is 272 g/mol. The third-order valence-corrected chi connectivity index (χ3v) is 2.76. The highest BCUT2D eigenvalue weighted by molar-refractivity contribution is 6.41. The molecule has 0 unspecified atom stereocenters. The normalized spacial score (nSPS) is 10.3. The molecule has 0 saturated carbocycles. The zero-order valence-corrected chi connectivity index (χ0v) is 10.2. The van der Waals surface area contributed by atoms with E-state index in [0.29, 0.717) is 11.7 Å². The number of aromatic nitrogens is 3. The predicted octanol–water partition coefficient (Wildman–Crippen LogP) is 1.94. The van der Waals surface area contributed by atoms with Crippen molar-refractivity contribution < 1.29 is 4.74 Å². The standard InChI is InChI=1S/C10H7Cl2N3O2/c1-17-8-4-2-3-7(14-8)15-10(16)9(12)6(11)5-13-15/h2-5H,1H3. The monoisotopic (exact) mass is 271 g/mol. The topological polar surface area (TPSA) is 57.0 Å². The molecule has 5 nitrogen and oxygen atoms in total. The van der Waals surface area contributed by atoms with Gasteiger partial charge >= 0.3 is 0 Å². The summed E-state index contributed by atoms with van der Waals surface area (Å²) in [6, 6.07) is 4.96. The SMILES string of the molecule is COc1cccc(-n2ncc(Cl)c(Cl)c2=O)n1. The zero-order valence-electron chi connectivity index (χ0n) is 8.72. The first-order valence-corrected chi connectivity index (χ1v) is 5.34. The van der Waals surface area contributed by atoms with Crippen molar-refractivity contribution in [2.75, 3.05) is 7.11 Å². The van der Waals surface area contributed by atoms with Gasteiger partial charge in [-0.15, -0.1) is 0 Å². The van der Waals surface area contributed by atoms with Crippen molar-refractivity contribution >= 4 is 23.2 Å². The van der Waals surface area contributed by atoms with Gasteiger partial charge in [-0.05, 0) is 6.07 Å². The lowest BCUT2D eigenvalue weighted by Gasteiger charge is -2.05. The lowest BCUT2D eigenvalue weighted by Crippen LogP contribution is -2.22. The molecular formula is C10H7Cl2N3O2. The van der Waals surface area contributed by atoms with Crippen LogP contribution < -0.4 is 10.3 Å². The van der Waals surface area contributed by atoms with E-state index < -0.39 is 5.56 Å². The van der Waals surface area contributed by atoms with Crippen LogP contribution in [0.25, 0.3) is 5.82 Å². The molecule has 0 spiro atoms. The predicted molar refractivity (Wildman–Crippen MR) is 64.2 cm³/mol. The molecule has 2 aromatic heterocycles. The van der Waals surface area contributed by atoms with Crippen molar-refractivity contribution in [1.82, 2.24) is 14.8 Å². The van der Waals surface area contributed by atoms with E-state index in [4.69, 9.17) is 27.9 Å². The fourth-order valence-corrected chi connectivity index (χ4v) is 1.46. The molecule has 0 radical (unpaired) electrons. The Morgan fingerprint density at radius 3 is 2.82 bits per heavy atom. The Labute approximate surface area is 107 Å². The summed E-state index contributed by atoms with van der Waals surface area (Å²) in [4.78, 5) is 15.9. The first kappa shape index (κ1) is 11.9. The summed E-state index contributed by atoms with van der Waals surface area (Å²) < 4.78 is 6.01. The molecule has 0 saturated heterocycles. The minimum absolute atomic E-state index is 0.0914. The molecule has 0 fully saturated rings. The van der Waals surface area contributed by atoms with Crippen LogP contribution in [0.3, 0.4) is 0 Å². The second-order valence-electron chi connectivity index (χ2n) is 3.06. The van der Waals surface area contributed by atoms with Crippen LogP contribution in [0.4, 0.5) is 0 Å². The van der Waals surface area contributed by atoms with Gasteiger partial charge < -0.3 is 4.74 Å². The summed E-state index contributed by atoms with van der Waals surface area (Å²) in [5.41, 5.74) is -0.528. The molecule has 0 aliphatic heterocycles. The van der Waals surface area contributed by atoms with Gasteiger partial charge in [-0.2, -0.15) is 14.8 Å². The van der Waals surface area contributed by atoms with Crippen LogP contribution >= 0.6 is 23.2 Å². The number of hydrogen-bond acceptors (Lipinski definition) is 4. The second-order valence-corrected chi connectivity index (χ2v) is 3.85. The molecule has 2 aromatic rings. The van der Waals surface area contributed by atoms with Gasteiger partial charge in [0.15, 0.2) is 5.82 Å². The first-order chi connectivity index (χ1) is 8.13. The summed E-state index contributed by atoms with van der Waals surface area (Å²) in [6.45, 7) is 0. The van der Waals surface area contributed by atoms with Crippen molar-refractivity contribution in [2.24, 2.45) is 0 Å². The summed E-state index contributed by atoms with van der Waals surface area (Å²) in [5, 5.41) is 3.87. The highest BCUT2D eigenvalue weighted by Gasteiger charge is 2.10. The molecule has 2 rings (SSSR count). The van der Waals surface area contributed by atoms with Crippen molar-refractivity contribution in [1.29, 1.82) is 0 Å². The number of ether oxygens (including phenoxy) is 1. The van der Waals surface area contributed by atoms with Gasteiger partial charge in [-0.3, -0.25) is 4.79 Å². The number of hydrogen-bond donors (Lipinski definition) is 0. The first-order valence-electron chi connectivity index (χ1n) is 4.58. The number of rotatable bonds is 2. The Kier molecular flexibility index (Phi) is 3.31. The molecule has 0 aromatic carbocycles. The fraction of sp³-hybridized carbons (Fsp3) is 0.100. The highest BCUT2D eigenvalue weighted by Crippen LogP contribution is 2.16. The van der Waals surface area contributed by atoms with E-state index in [1.165, 1.54) is 13.3 Å². The van der Waals surface area contributed by atoms with Crippen LogP contribution in [0.5, 0.6) is 5.88 Å². The molecule has 0 amide bonds. The van der Waals surface area contributed by atoms with E-state index in [2.05, 4.69) is 10.1 Å². The van der Waals surface area contributed by atoms with E-state index in [1.807, 2.05) is 0 Å². The van der Waals surface area contributed by atoms with E-state index in [-0.39, 0.29) is 10.0 Å². The summed E-state index contributed by atoms with van der Waals surface area (Å²) >= 11 is 11.4. The van der Waals surface area contributed by atoms with E-state index in [1.54, 1.807) is 18.2 Å². The van der Waals surface area contributed by atoms with Gasteiger partial charge in [0.2, 0.25) is 5.88 Å². The molecule has 0 bridgehead atoms. The fourth-order valence-electron chi connectivity index (χ4n) is 1.21. The summed E-state index contributed by atoms with van der Waals surface area (Å²) in [7, 11) is 1.48. The number of halogens is 2. The van der Waals surface area contributed by atoms with Crippen molar-refractivity contribution in [3.05, 3.63) is 44.8 Å². The van der Waals surface area contributed by atoms with Crippen LogP contribution in [-0.4, -0.2) is 21.9 Å². The maximum Gasteiger partial charge on any atom is 0.293 e. The molecule has 0 N–H and O–H groups in total. The lowest BCUT2D eigenvalue weighted by molar-refractivity contribution is 0.397. The molecule has 88 valence electrons. The molecule has 2 heterocycles. The smallest absolute Gasteiger partial charge is 0.293 e. The number of nitrogens with zero attached hydrogens (tertiary/aromatic N) is 3. The summed E-state index contributed by atoms with van der Waals surface area (Å²) in [6.07, 6.45) is 1.28. The molecule has 7 heteroatoms. The Morgan fingerprint density at radius 1 is 1.35 bits per heavy atom. The van der Waals surface area contributed by atoms with Crippen LogP contribution in [0, 0.1) is 0 Å². The lowest BCUT2D eigenvalue weighted by atomic mass is 10.4. The van der Waals surface area contributed by atoms with Gasteiger partial charge in [-0.25, -0.2) is 0 Å². The summed E-state index contributed by atoms with van der Waals surface area (Å²) in [5.74, 6) is 0.690. The highest BCUT2D eigenvalue weighted by atomic mass is 35.5. The zero-order chi connectivity index (χ0) is 12.4. The number of pyridine rings is 1. The largest absolute Gasteiger partial charge is 0.481 e.